The molecule has 4 rings (SSSR count). The summed E-state index contributed by atoms with van der Waals surface area (Å²) < 4.78 is 29.6. The maximum Gasteiger partial charge on any atom is 0.226 e. The third-order valence-electron chi connectivity index (χ3n) is 5.17. The standard InChI is InChI=1S/C22H23FN2O3/c1-26-18-9-10-19(21(12-18)27-2)20-4-3-11-25(20)13-17-14-28-22(24-17)15-5-7-16(23)8-6-15/h5-10,12,14,20H,3-4,11,13H2,1-2H3/t20-/m0/s1. The van der Waals surface area contributed by atoms with Crippen LogP contribution < -0.4 is 9.47 Å². The molecule has 0 saturated carbocycles. The Morgan fingerprint density at radius 1 is 1.14 bits per heavy atom. The van der Waals surface area contributed by atoms with Gasteiger partial charge < -0.3 is 13.9 Å². The predicted octanol–water partition coefficient (Wildman–Crippen LogP) is 4.84. The van der Waals surface area contributed by atoms with E-state index in [-0.39, 0.29) is 11.9 Å². The van der Waals surface area contributed by atoms with Crippen molar-refractivity contribution in [2.75, 3.05) is 20.8 Å². The number of rotatable bonds is 6. The number of hydrogen-bond acceptors (Lipinski definition) is 5. The van der Waals surface area contributed by atoms with Gasteiger partial charge in [0.05, 0.1) is 19.9 Å². The molecule has 2 heterocycles. The van der Waals surface area contributed by atoms with Crippen molar-refractivity contribution in [3.8, 4) is 23.0 Å². The second-order valence-corrected chi connectivity index (χ2v) is 6.89. The van der Waals surface area contributed by atoms with Crippen molar-refractivity contribution in [3.63, 3.8) is 0 Å². The number of likely N-dealkylation sites (tertiary alicyclic amines) is 1. The number of nitrogens with zero attached hydrogens (tertiary/aromatic N) is 2. The van der Waals surface area contributed by atoms with Gasteiger partial charge in [0.15, 0.2) is 0 Å². The first-order chi connectivity index (χ1) is 13.7. The van der Waals surface area contributed by atoms with Crippen LogP contribution in [0.3, 0.4) is 0 Å². The first-order valence-electron chi connectivity index (χ1n) is 9.34. The topological polar surface area (TPSA) is 47.7 Å². The van der Waals surface area contributed by atoms with Gasteiger partial charge in [-0.15, -0.1) is 0 Å². The molecule has 0 radical (unpaired) electrons. The number of hydrogen-bond donors (Lipinski definition) is 0. The summed E-state index contributed by atoms with van der Waals surface area (Å²) in [4.78, 5) is 6.98. The molecule has 5 nitrogen and oxygen atoms in total. The molecule has 1 saturated heterocycles. The number of ether oxygens (including phenoxy) is 2. The summed E-state index contributed by atoms with van der Waals surface area (Å²) in [6.45, 7) is 1.67. The minimum absolute atomic E-state index is 0.256. The van der Waals surface area contributed by atoms with Crippen LogP contribution in [0.5, 0.6) is 11.5 Å². The lowest BCUT2D eigenvalue weighted by atomic mass is 10.0. The van der Waals surface area contributed by atoms with E-state index in [0.717, 1.165) is 47.7 Å². The van der Waals surface area contributed by atoms with E-state index in [4.69, 9.17) is 13.9 Å². The molecule has 0 bridgehead atoms. The molecule has 146 valence electrons. The predicted molar refractivity (Wildman–Crippen MR) is 104 cm³/mol. The highest BCUT2D eigenvalue weighted by atomic mass is 19.1. The van der Waals surface area contributed by atoms with Crippen molar-refractivity contribution in [1.29, 1.82) is 0 Å². The molecule has 1 atom stereocenters. The van der Waals surface area contributed by atoms with Crippen LogP contribution in [0.4, 0.5) is 4.39 Å². The molecule has 3 aromatic rings. The maximum absolute atomic E-state index is 13.1. The Kier molecular flexibility index (Phi) is 5.30. The SMILES string of the molecule is COc1ccc([C@@H]2CCCN2Cc2coc(-c3ccc(F)cc3)n2)c(OC)c1. The zero-order valence-electron chi connectivity index (χ0n) is 16.0. The fraction of sp³-hybridized carbons (Fsp3) is 0.318. The van der Waals surface area contributed by atoms with Crippen LogP contribution in [-0.2, 0) is 6.54 Å². The fourth-order valence-corrected chi connectivity index (χ4v) is 3.77. The van der Waals surface area contributed by atoms with Gasteiger partial charge >= 0.3 is 0 Å². The van der Waals surface area contributed by atoms with Crippen molar-refractivity contribution in [3.05, 3.63) is 65.8 Å². The molecule has 6 heteroatoms. The van der Waals surface area contributed by atoms with E-state index in [9.17, 15) is 4.39 Å². The Balaban J connectivity index is 1.53. The van der Waals surface area contributed by atoms with Gasteiger partial charge in [0.25, 0.3) is 0 Å². The molecular weight excluding hydrogens is 359 g/mol. The maximum atomic E-state index is 13.1. The highest BCUT2D eigenvalue weighted by molar-refractivity contribution is 5.52. The first-order valence-corrected chi connectivity index (χ1v) is 9.34. The molecule has 2 aromatic carbocycles. The number of methoxy groups -OCH3 is 2. The van der Waals surface area contributed by atoms with E-state index >= 15 is 0 Å². The van der Waals surface area contributed by atoms with E-state index in [1.807, 2.05) is 12.1 Å². The van der Waals surface area contributed by atoms with Crippen molar-refractivity contribution < 1.29 is 18.3 Å². The minimum Gasteiger partial charge on any atom is -0.497 e. The fourth-order valence-electron chi connectivity index (χ4n) is 3.77. The van der Waals surface area contributed by atoms with Crippen LogP contribution in [0.15, 0.2) is 53.1 Å². The van der Waals surface area contributed by atoms with Gasteiger partial charge in [0.1, 0.15) is 23.6 Å². The largest absolute Gasteiger partial charge is 0.497 e. The Bertz CT molecular complexity index is 939. The molecule has 0 aliphatic carbocycles. The van der Waals surface area contributed by atoms with Crippen molar-refractivity contribution in [1.82, 2.24) is 9.88 Å². The third-order valence-corrected chi connectivity index (χ3v) is 5.17. The van der Waals surface area contributed by atoms with Gasteiger partial charge in [0, 0.05) is 29.8 Å². The number of benzene rings is 2. The van der Waals surface area contributed by atoms with E-state index in [1.54, 1.807) is 32.6 Å². The van der Waals surface area contributed by atoms with Gasteiger partial charge in [0.2, 0.25) is 5.89 Å². The Morgan fingerprint density at radius 2 is 1.96 bits per heavy atom. The molecule has 0 N–H and O–H groups in total. The molecular formula is C22H23FN2O3. The molecule has 0 spiro atoms. The van der Waals surface area contributed by atoms with Crippen molar-refractivity contribution in [2.45, 2.75) is 25.4 Å². The van der Waals surface area contributed by atoms with E-state index < -0.39 is 0 Å². The van der Waals surface area contributed by atoms with Crippen LogP contribution in [-0.4, -0.2) is 30.6 Å². The minimum atomic E-state index is -0.274. The van der Waals surface area contributed by atoms with E-state index in [2.05, 4.69) is 16.0 Å². The van der Waals surface area contributed by atoms with Crippen LogP contribution >= 0.6 is 0 Å². The molecule has 1 aliphatic heterocycles. The summed E-state index contributed by atoms with van der Waals surface area (Å²) >= 11 is 0. The average Bonchev–Trinajstić information content (AvgIpc) is 3.38. The summed E-state index contributed by atoms with van der Waals surface area (Å²) in [5.41, 5.74) is 2.78. The smallest absolute Gasteiger partial charge is 0.226 e. The molecule has 0 amide bonds. The van der Waals surface area contributed by atoms with E-state index in [1.165, 1.54) is 12.1 Å². The quantitative estimate of drug-likeness (QED) is 0.611. The normalized spacial score (nSPS) is 17.0. The summed E-state index contributed by atoms with van der Waals surface area (Å²) in [7, 11) is 3.34. The van der Waals surface area contributed by atoms with Crippen LogP contribution in [0, 0.1) is 5.82 Å². The Hall–Kier alpha value is -2.86. The lowest BCUT2D eigenvalue weighted by Gasteiger charge is -2.25. The number of halogens is 1. The second-order valence-electron chi connectivity index (χ2n) is 6.89. The Morgan fingerprint density at radius 3 is 2.71 bits per heavy atom. The van der Waals surface area contributed by atoms with Crippen LogP contribution in [0.25, 0.3) is 11.5 Å². The highest BCUT2D eigenvalue weighted by Gasteiger charge is 2.29. The average molecular weight is 382 g/mol. The van der Waals surface area contributed by atoms with Crippen molar-refractivity contribution in [2.24, 2.45) is 0 Å². The van der Waals surface area contributed by atoms with Crippen LogP contribution in [0.1, 0.15) is 30.1 Å². The second kappa shape index (κ2) is 8.02. The molecule has 1 aliphatic rings. The van der Waals surface area contributed by atoms with Gasteiger partial charge in [-0.3, -0.25) is 4.90 Å². The zero-order chi connectivity index (χ0) is 19.5. The lowest BCUT2D eigenvalue weighted by Crippen LogP contribution is -2.23. The van der Waals surface area contributed by atoms with Gasteiger partial charge in [-0.05, 0) is 49.7 Å². The summed E-state index contributed by atoms with van der Waals surface area (Å²) in [5.74, 6) is 1.85. The lowest BCUT2D eigenvalue weighted by molar-refractivity contribution is 0.240. The van der Waals surface area contributed by atoms with Crippen LogP contribution in [0.2, 0.25) is 0 Å². The number of aromatic nitrogens is 1. The molecule has 1 fully saturated rings. The first kappa shape index (κ1) is 18.5. The summed E-state index contributed by atoms with van der Waals surface area (Å²) in [6.07, 6.45) is 3.85. The summed E-state index contributed by atoms with van der Waals surface area (Å²) in [6, 6.07) is 12.4. The highest BCUT2D eigenvalue weighted by Crippen LogP contribution is 2.39. The summed E-state index contributed by atoms with van der Waals surface area (Å²) in [5, 5.41) is 0. The van der Waals surface area contributed by atoms with E-state index in [0.29, 0.717) is 12.4 Å². The number of oxazole rings is 1. The van der Waals surface area contributed by atoms with Gasteiger partial charge in [-0.25, -0.2) is 9.37 Å². The molecule has 28 heavy (non-hydrogen) atoms. The Labute approximate surface area is 163 Å². The monoisotopic (exact) mass is 382 g/mol. The third kappa shape index (κ3) is 3.73. The van der Waals surface area contributed by atoms with Crippen molar-refractivity contribution >= 4 is 0 Å². The molecule has 1 aromatic heterocycles. The zero-order valence-corrected chi connectivity index (χ0v) is 16.0. The van der Waals surface area contributed by atoms with Gasteiger partial charge in [-0.1, -0.05) is 6.07 Å². The van der Waals surface area contributed by atoms with Gasteiger partial charge in [-0.2, -0.15) is 0 Å². The molecule has 0 unspecified atom stereocenters.